The van der Waals surface area contributed by atoms with E-state index in [1.807, 2.05) is 11.9 Å². The summed E-state index contributed by atoms with van der Waals surface area (Å²) in [4.78, 5) is 14.8. The van der Waals surface area contributed by atoms with Crippen molar-refractivity contribution < 1.29 is 13.2 Å². The summed E-state index contributed by atoms with van der Waals surface area (Å²) in [6, 6.07) is 15.1. The smallest absolute Gasteiger partial charge is 0.261 e. The van der Waals surface area contributed by atoms with Crippen molar-refractivity contribution in [2.24, 2.45) is 5.92 Å². The second-order valence-electron chi connectivity index (χ2n) is 7.24. The molecule has 1 fully saturated rings. The van der Waals surface area contributed by atoms with Gasteiger partial charge >= 0.3 is 0 Å². The third-order valence-corrected chi connectivity index (χ3v) is 6.72. The first-order chi connectivity index (χ1) is 12.9. The molecule has 0 saturated heterocycles. The van der Waals surface area contributed by atoms with Gasteiger partial charge in [-0.15, -0.1) is 0 Å². The summed E-state index contributed by atoms with van der Waals surface area (Å²) in [7, 11) is -1.77. The molecule has 5 nitrogen and oxygen atoms in total. The van der Waals surface area contributed by atoms with E-state index >= 15 is 0 Å². The van der Waals surface area contributed by atoms with Crippen molar-refractivity contribution in [2.45, 2.75) is 43.5 Å². The summed E-state index contributed by atoms with van der Waals surface area (Å²) in [6.45, 7) is 2.20. The lowest BCUT2D eigenvalue weighted by Gasteiger charge is -2.36. The molecule has 0 aromatic heterocycles. The molecule has 2 aromatic rings. The minimum Gasteiger partial charge on any atom is -0.338 e. The Hall–Kier alpha value is -2.34. The van der Waals surface area contributed by atoms with E-state index < -0.39 is 10.0 Å². The molecule has 1 amide bonds. The van der Waals surface area contributed by atoms with Gasteiger partial charge in [0.1, 0.15) is 0 Å². The number of carbonyl (C=O) groups is 1. The number of sulfonamides is 1. The van der Waals surface area contributed by atoms with E-state index in [2.05, 4.69) is 11.6 Å². The zero-order valence-corrected chi connectivity index (χ0v) is 16.6. The monoisotopic (exact) mass is 386 g/mol. The molecule has 1 N–H and O–H groups in total. The summed E-state index contributed by atoms with van der Waals surface area (Å²) in [5.74, 6) is 0.482. The van der Waals surface area contributed by atoms with Crippen LogP contribution >= 0.6 is 0 Å². The van der Waals surface area contributed by atoms with E-state index in [0.717, 1.165) is 19.3 Å². The summed E-state index contributed by atoms with van der Waals surface area (Å²) in [5.41, 5.74) is 1.00. The van der Waals surface area contributed by atoms with Crippen LogP contribution < -0.4 is 4.72 Å². The maximum atomic E-state index is 12.8. The van der Waals surface area contributed by atoms with E-state index in [1.54, 1.807) is 54.6 Å². The van der Waals surface area contributed by atoms with Crippen molar-refractivity contribution in [3.8, 4) is 0 Å². The first-order valence-corrected chi connectivity index (χ1v) is 10.8. The highest BCUT2D eigenvalue weighted by Gasteiger charge is 2.28. The second-order valence-corrected chi connectivity index (χ2v) is 8.92. The molecular formula is C21H26N2O3S. The first-order valence-electron chi connectivity index (χ1n) is 9.33. The maximum Gasteiger partial charge on any atom is 0.261 e. The summed E-state index contributed by atoms with van der Waals surface area (Å²) in [6.07, 6.45) is 4.59. The fourth-order valence-corrected chi connectivity index (χ4v) is 4.80. The van der Waals surface area contributed by atoms with Crippen LogP contribution in [-0.2, 0) is 10.0 Å². The van der Waals surface area contributed by atoms with Crippen LogP contribution in [0, 0.1) is 5.92 Å². The van der Waals surface area contributed by atoms with Crippen LogP contribution in [0.1, 0.15) is 43.0 Å². The molecule has 144 valence electrons. The molecule has 2 aromatic carbocycles. The highest BCUT2D eigenvalue weighted by atomic mass is 32.2. The Kier molecular flexibility index (Phi) is 5.85. The third kappa shape index (κ3) is 4.50. The number of anilines is 1. The van der Waals surface area contributed by atoms with E-state index in [1.165, 1.54) is 6.42 Å². The van der Waals surface area contributed by atoms with E-state index in [-0.39, 0.29) is 16.8 Å². The average Bonchev–Trinajstić information content (AvgIpc) is 2.68. The molecule has 0 radical (unpaired) electrons. The molecule has 0 spiro atoms. The molecule has 2 unspecified atom stereocenters. The quantitative estimate of drug-likeness (QED) is 0.840. The average molecular weight is 387 g/mol. The fraction of sp³-hybridized carbons (Fsp3) is 0.381. The van der Waals surface area contributed by atoms with Crippen LogP contribution in [0.2, 0.25) is 0 Å². The van der Waals surface area contributed by atoms with Crippen molar-refractivity contribution >= 4 is 21.6 Å². The third-order valence-electron chi connectivity index (χ3n) is 5.32. The molecule has 1 aliphatic rings. The number of carbonyl (C=O) groups excluding carboxylic acids is 1. The molecule has 1 aliphatic carbocycles. The van der Waals surface area contributed by atoms with Gasteiger partial charge in [-0.2, -0.15) is 0 Å². The molecule has 0 aliphatic heterocycles. The fourth-order valence-electron chi connectivity index (χ4n) is 3.72. The van der Waals surface area contributed by atoms with Crippen LogP contribution in [0.15, 0.2) is 59.5 Å². The molecule has 0 bridgehead atoms. The summed E-state index contributed by atoms with van der Waals surface area (Å²) >= 11 is 0. The Morgan fingerprint density at radius 3 is 2.26 bits per heavy atom. The lowest BCUT2D eigenvalue weighted by molar-refractivity contribution is 0.0629. The highest BCUT2D eigenvalue weighted by molar-refractivity contribution is 7.92. The Bertz CT molecular complexity index is 879. The van der Waals surface area contributed by atoms with Gasteiger partial charge in [0.2, 0.25) is 0 Å². The molecule has 6 heteroatoms. The van der Waals surface area contributed by atoms with Gasteiger partial charge < -0.3 is 4.90 Å². The zero-order valence-electron chi connectivity index (χ0n) is 15.8. The van der Waals surface area contributed by atoms with Crippen molar-refractivity contribution in [2.75, 3.05) is 11.8 Å². The standard InChI is InChI=1S/C21H26N2O3S/c1-16-8-6-7-11-20(16)23(2)21(24)17-12-14-18(15-13-17)22-27(25,26)19-9-4-3-5-10-19/h3-5,9-10,12-16,20,22H,6-8,11H2,1-2H3. The largest absolute Gasteiger partial charge is 0.338 e. The summed E-state index contributed by atoms with van der Waals surface area (Å²) in [5, 5.41) is 0. The van der Waals surface area contributed by atoms with E-state index in [4.69, 9.17) is 0 Å². The number of rotatable bonds is 5. The van der Waals surface area contributed by atoms with Gasteiger partial charge in [-0.25, -0.2) is 8.42 Å². The van der Waals surface area contributed by atoms with Gasteiger partial charge in [-0.05, 0) is 55.2 Å². The van der Waals surface area contributed by atoms with Gasteiger partial charge in [-0.3, -0.25) is 9.52 Å². The van der Waals surface area contributed by atoms with Crippen LogP contribution in [0.4, 0.5) is 5.69 Å². The van der Waals surface area contributed by atoms with Gasteiger partial charge in [0.25, 0.3) is 15.9 Å². The molecule has 27 heavy (non-hydrogen) atoms. The van der Waals surface area contributed by atoms with E-state index in [9.17, 15) is 13.2 Å². The minimum absolute atomic E-state index is 0.0220. The number of amides is 1. The molecule has 2 atom stereocenters. The van der Waals surface area contributed by atoms with Crippen molar-refractivity contribution in [1.29, 1.82) is 0 Å². The Morgan fingerprint density at radius 2 is 1.63 bits per heavy atom. The number of hydrogen-bond donors (Lipinski definition) is 1. The normalized spacial score (nSPS) is 20.1. The zero-order chi connectivity index (χ0) is 19.4. The first kappa shape index (κ1) is 19.4. The Morgan fingerprint density at radius 1 is 1.00 bits per heavy atom. The van der Waals surface area contributed by atoms with Crippen molar-refractivity contribution in [1.82, 2.24) is 4.90 Å². The van der Waals surface area contributed by atoms with Gasteiger partial charge in [0.15, 0.2) is 0 Å². The number of benzene rings is 2. The molecule has 3 rings (SSSR count). The number of hydrogen-bond acceptors (Lipinski definition) is 3. The lowest BCUT2D eigenvalue weighted by Crippen LogP contribution is -2.42. The highest BCUT2D eigenvalue weighted by Crippen LogP contribution is 2.28. The second kappa shape index (κ2) is 8.13. The molecule has 0 heterocycles. The van der Waals surface area contributed by atoms with Gasteiger partial charge in [0, 0.05) is 24.3 Å². The molecular weight excluding hydrogens is 360 g/mol. The Labute approximate surface area is 161 Å². The lowest BCUT2D eigenvalue weighted by atomic mass is 9.85. The van der Waals surface area contributed by atoms with E-state index in [0.29, 0.717) is 17.2 Å². The summed E-state index contributed by atoms with van der Waals surface area (Å²) < 4.78 is 27.3. The van der Waals surface area contributed by atoms with Crippen LogP contribution in [0.25, 0.3) is 0 Å². The Balaban J connectivity index is 1.70. The minimum atomic E-state index is -3.63. The predicted molar refractivity (Wildman–Crippen MR) is 107 cm³/mol. The maximum absolute atomic E-state index is 12.8. The SMILES string of the molecule is CC1CCCCC1N(C)C(=O)c1ccc(NS(=O)(=O)c2ccccc2)cc1. The van der Waals surface area contributed by atoms with Crippen LogP contribution in [0.5, 0.6) is 0 Å². The van der Waals surface area contributed by atoms with Crippen molar-refractivity contribution in [3.63, 3.8) is 0 Å². The topological polar surface area (TPSA) is 66.5 Å². The number of nitrogens with one attached hydrogen (secondary N) is 1. The van der Waals surface area contributed by atoms with Gasteiger partial charge in [-0.1, -0.05) is 38.0 Å². The van der Waals surface area contributed by atoms with Gasteiger partial charge in [0.05, 0.1) is 4.90 Å². The predicted octanol–water partition coefficient (Wildman–Crippen LogP) is 4.14. The number of nitrogens with zero attached hydrogens (tertiary/aromatic N) is 1. The van der Waals surface area contributed by atoms with Crippen LogP contribution in [-0.4, -0.2) is 32.3 Å². The van der Waals surface area contributed by atoms with Crippen molar-refractivity contribution in [3.05, 3.63) is 60.2 Å². The molecule has 1 saturated carbocycles. The van der Waals surface area contributed by atoms with Crippen LogP contribution in [0.3, 0.4) is 0 Å².